The lowest BCUT2D eigenvalue weighted by molar-refractivity contribution is 0.586. The summed E-state index contributed by atoms with van der Waals surface area (Å²) in [5.41, 5.74) is 2.20. The van der Waals surface area contributed by atoms with E-state index in [2.05, 4.69) is 11.9 Å². The summed E-state index contributed by atoms with van der Waals surface area (Å²) in [5.74, 6) is -0.588. The highest BCUT2D eigenvalue weighted by Crippen LogP contribution is 2.26. The van der Waals surface area contributed by atoms with Crippen LogP contribution in [0.1, 0.15) is 11.1 Å². The van der Waals surface area contributed by atoms with Crippen LogP contribution in [0, 0.1) is 19.8 Å². The minimum Gasteiger partial charge on any atom is -0.295 e. The van der Waals surface area contributed by atoms with Gasteiger partial charge in [-0.2, -0.15) is 4.39 Å². The van der Waals surface area contributed by atoms with Crippen LogP contribution < -0.4 is 5.56 Å². The van der Waals surface area contributed by atoms with Gasteiger partial charge >= 0.3 is 0 Å². The smallest absolute Gasteiger partial charge is 0.259 e. The van der Waals surface area contributed by atoms with Crippen molar-refractivity contribution < 1.29 is 4.39 Å². The second-order valence-corrected chi connectivity index (χ2v) is 4.97. The second kappa shape index (κ2) is 4.40. The van der Waals surface area contributed by atoms with E-state index < -0.39 is 5.95 Å². The maximum Gasteiger partial charge on any atom is 0.259 e. The number of hydrogen-bond donors (Lipinski definition) is 0. The Balaban J connectivity index is 2.69. The van der Waals surface area contributed by atoms with Gasteiger partial charge in [-0.1, -0.05) is 11.6 Å². The Morgan fingerprint density at radius 3 is 2.75 bits per heavy atom. The van der Waals surface area contributed by atoms with Gasteiger partial charge in [0.25, 0.3) is 5.56 Å². The van der Waals surface area contributed by atoms with Gasteiger partial charge in [0.2, 0.25) is 5.95 Å². The highest BCUT2D eigenvalue weighted by Gasteiger charge is 2.13. The summed E-state index contributed by atoms with van der Waals surface area (Å²) >= 11 is 0. The van der Waals surface area contributed by atoms with Crippen molar-refractivity contribution in [3.63, 3.8) is 0 Å². The van der Waals surface area contributed by atoms with Gasteiger partial charge < -0.3 is 0 Å². The Morgan fingerprint density at radius 2 is 2.05 bits per heavy atom. The molecule has 4 heteroatoms. The number of pyridine rings is 2. The third-order valence-corrected chi connectivity index (χ3v) is 3.60. The topological polar surface area (TPSA) is 34.9 Å². The van der Waals surface area contributed by atoms with Crippen molar-refractivity contribution in [2.75, 3.05) is 0 Å². The van der Waals surface area contributed by atoms with Gasteiger partial charge in [0.1, 0.15) is 5.65 Å². The van der Waals surface area contributed by atoms with Crippen molar-refractivity contribution in [1.82, 2.24) is 9.55 Å². The third-order valence-electron chi connectivity index (χ3n) is 3.60. The van der Waals surface area contributed by atoms with Gasteiger partial charge in [0.15, 0.2) is 0 Å². The number of nitrogens with zero attached hydrogens (tertiary/aromatic N) is 2. The predicted octanol–water partition coefficient (Wildman–Crippen LogP) is 2.91. The Kier molecular flexibility index (Phi) is 2.82. The largest absolute Gasteiger partial charge is 0.295 e. The second-order valence-electron chi connectivity index (χ2n) is 4.97. The van der Waals surface area contributed by atoms with Crippen molar-refractivity contribution in [1.29, 1.82) is 0 Å². The minimum absolute atomic E-state index is 0.163. The molecule has 1 radical (unpaired) electrons. The molecule has 2 aromatic heterocycles. The maximum atomic E-state index is 13.4. The normalized spacial score (nSPS) is 11.4. The number of hydrogen-bond acceptors (Lipinski definition) is 2. The van der Waals surface area contributed by atoms with Gasteiger partial charge in [-0.25, -0.2) is 4.98 Å². The molecule has 101 valence electrons. The Bertz CT molecular complexity index is 896. The van der Waals surface area contributed by atoms with Crippen LogP contribution in [0.5, 0.6) is 0 Å². The molecule has 0 aliphatic rings. The van der Waals surface area contributed by atoms with Crippen molar-refractivity contribution in [2.45, 2.75) is 13.3 Å². The molecule has 0 aliphatic carbocycles. The zero-order chi connectivity index (χ0) is 14.4. The molecular formula is C16H14FN2O. The lowest BCUT2D eigenvalue weighted by atomic mass is 9.98. The molecule has 20 heavy (non-hydrogen) atoms. The van der Waals surface area contributed by atoms with Crippen LogP contribution >= 0.6 is 0 Å². The number of benzene rings is 1. The summed E-state index contributed by atoms with van der Waals surface area (Å²) in [6, 6.07) is 6.87. The van der Waals surface area contributed by atoms with Gasteiger partial charge in [-0.05, 0) is 44.0 Å². The first-order valence-electron chi connectivity index (χ1n) is 6.40. The minimum atomic E-state index is -0.588. The molecule has 0 saturated carbocycles. The molecule has 0 aliphatic heterocycles. The molecule has 0 bridgehead atoms. The van der Waals surface area contributed by atoms with Crippen LogP contribution in [0.15, 0.2) is 29.1 Å². The fraction of sp³-hybridized carbons (Fsp3) is 0.188. The number of aryl methyl sites for hydroxylation is 2. The van der Waals surface area contributed by atoms with E-state index in [4.69, 9.17) is 0 Å². The van der Waals surface area contributed by atoms with E-state index in [1.54, 1.807) is 13.1 Å². The van der Waals surface area contributed by atoms with Crippen molar-refractivity contribution in [3.8, 4) is 0 Å². The van der Waals surface area contributed by atoms with Crippen LogP contribution in [0.4, 0.5) is 4.39 Å². The Morgan fingerprint density at radius 1 is 1.30 bits per heavy atom. The molecule has 0 atom stereocenters. The fourth-order valence-electron chi connectivity index (χ4n) is 2.70. The van der Waals surface area contributed by atoms with E-state index >= 15 is 0 Å². The SMILES string of the molecule is [CH2]Cc1cc(C)cc2c(=O)n(C)c3nc(F)ccc3c12. The van der Waals surface area contributed by atoms with Crippen LogP contribution in [-0.4, -0.2) is 9.55 Å². The van der Waals surface area contributed by atoms with Gasteiger partial charge in [-0.3, -0.25) is 9.36 Å². The van der Waals surface area contributed by atoms with Crippen molar-refractivity contribution >= 4 is 21.8 Å². The lowest BCUT2D eigenvalue weighted by Gasteiger charge is -2.12. The number of fused-ring (bicyclic) bond motifs is 3. The molecule has 0 saturated heterocycles. The lowest BCUT2D eigenvalue weighted by Crippen LogP contribution is -2.19. The molecule has 3 aromatic rings. The van der Waals surface area contributed by atoms with Gasteiger partial charge in [-0.15, -0.1) is 0 Å². The average molecular weight is 269 g/mol. The van der Waals surface area contributed by atoms with E-state index in [1.165, 1.54) is 10.6 Å². The molecule has 0 fully saturated rings. The van der Waals surface area contributed by atoms with Crippen LogP contribution in [0.3, 0.4) is 0 Å². The molecule has 0 amide bonds. The summed E-state index contributed by atoms with van der Waals surface area (Å²) in [5, 5.41) is 2.24. The standard InChI is InChI=1S/C16H14FN2O/c1-4-10-7-9(2)8-12-14(10)11-5-6-13(17)18-15(11)19(3)16(12)20/h5-8H,1,4H2,2-3H3. The van der Waals surface area contributed by atoms with E-state index in [0.29, 0.717) is 17.5 Å². The van der Waals surface area contributed by atoms with Crippen LogP contribution in [0.2, 0.25) is 0 Å². The molecule has 0 unspecified atom stereocenters. The molecule has 2 heterocycles. The zero-order valence-corrected chi connectivity index (χ0v) is 11.4. The first-order valence-corrected chi connectivity index (χ1v) is 6.40. The summed E-state index contributed by atoms with van der Waals surface area (Å²) in [6.45, 7) is 5.87. The molecule has 3 rings (SSSR count). The monoisotopic (exact) mass is 269 g/mol. The van der Waals surface area contributed by atoms with E-state index in [1.807, 2.05) is 19.1 Å². The predicted molar refractivity (Wildman–Crippen MR) is 78.2 cm³/mol. The quantitative estimate of drug-likeness (QED) is 0.503. The molecular weight excluding hydrogens is 255 g/mol. The van der Waals surface area contributed by atoms with E-state index in [9.17, 15) is 9.18 Å². The number of aromatic nitrogens is 2. The van der Waals surface area contributed by atoms with Crippen molar-refractivity contribution in [2.24, 2.45) is 7.05 Å². The Labute approximate surface area is 115 Å². The van der Waals surface area contributed by atoms with Gasteiger partial charge in [0, 0.05) is 23.2 Å². The van der Waals surface area contributed by atoms with E-state index in [-0.39, 0.29) is 5.56 Å². The van der Waals surface area contributed by atoms with Crippen LogP contribution in [0.25, 0.3) is 21.8 Å². The van der Waals surface area contributed by atoms with Gasteiger partial charge in [0.05, 0.1) is 0 Å². The molecule has 3 nitrogen and oxygen atoms in total. The number of rotatable bonds is 1. The zero-order valence-electron chi connectivity index (χ0n) is 11.4. The highest BCUT2D eigenvalue weighted by atomic mass is 19.1. The average Bonchev–Trinajstić information content (AvgIpc) is 2.44. The first-order chi connectivity index (χ1) is 9.52. The summed E-state index contributed by atoms with van der Waals surface area (Å²) < 4.78 is 14.8. The first kappa shape index (κ1) is 12.8. The molecule has 1 aromatic carbocycles. The summed E-state index contributed by atoms with van der Waals surface area (Å²) in [7, 11) is 1.61. The Hall–Kier alpha value is -2.23. The van der Waals surface area contributed by atoms with E-state index in [0.717, 1.165) is 21.9 Å². The highest BCUT2D eigenvalue weighted by molar-refractivity contribution is 6.06. The maximum absolute atomic E-state index is 13.4. The molecule has 0 N–H and O–H groups in total. The van der Waals surface area contributed by atoms with Crippen molar-refractivity contribution in [3.05, 3.63) is 58.6 Å². The van der Waals surface area contributed by atoms with Crippen LogP contribution in [-0.2, 0) is 13.5 Å². The summed E-state index contributed by atoms with van der Waals surface area (Å²) in [4.78, 5) is 16.3. The number of halogens is 1. The summed E-state index contributed by atoms with van der Waals surface area (Å²) in [6.07, 6.45) is 0.567. The third kappa shape index (κ3) is 1.72. The fourth-order valence-corrected chi connectivity index (χ4v) is 2.70. The molecule has 0 spiro atoms.